The molecule has 0 aromatic heterocycles. The van der Waals surface area contributed by atoms with Gasteiger partial charge in [-0.1, -0.05) is 59.6 Å². The molecular weight excluding hydrogens is 360 g/mol. The number of hydrogen-bond donors (Lipinski definition) is 1. The number of aryl methyl sites for hydroxylation is 1. The van der Waals surface area contributed by atoms with Crippen LogP contribution in [0, 0.1) is 6.92 Å². The van der Waals surface area contributed by atoms with Crippen molar-refractivity contribution in [3.63, 3.8) is 0 Å². The minimum atomic E-state index is -0.0853. The van der Waals surface area contributed by atoms with Gasteiger partial charge in [-0.05, 0) is 24.1 Å². The fourth-order valence-electron chi connectivity index (χ4n) is 3.04. The Bertz CT molecular complexity index is 783. The summed E-state index contributed by atoms with van der Waals surface area (Å²) in [6, 6.07) is 15.9. The number of hydrogen-bond acceptors (Lipinski definition) is 4. The molecule has 0 aliphatic carbocycles. The van der Waals surface area contributed by atoms with Crippen LogP contribution in [0.2, 0.25) is 5.02 Å². The first-order chi connectivity index (χ1) is 13.1. The predicted molar refractivity (Wildman–Crippen MR) is 110 cm³/mol. The van der Waals surface area contributed by atoms with E-state index in [-0.39, 0.29) is 5.91 Å². The molecule has 2 aromatic rings. The van der Waals surface area contributed by atoms with Gasteiger partial charge in [0.15, 0.2) is 0 Å². The van der Waals surface area contributed by atoms with E-state index in [4.69, 9.17) is 11.6 Å². The molecule has 27 heavy (non-hydrogen) atoms. The highest BCUT2D eigenvalue weighted by Crippen LogP contribution is 2.17. The Balaban J connectivity index is 1.39. The summed E-state index contributed by atoms with van der Waals surface area (Å²) in [5.74, 6) is -0.0853. The largest absolute Gasteiger partial charge is 0.296 e. The molecule has 1 heterocycles. The highest BCUT2D eigenvalue weighted by Gasteiger charge is 2.19. The maximum absolute atomic E-state index is 12.1. The highest BCUT2D eigenvalue weighted by molar-refractivity contribution is 6.31. The van der Waals surface area contributed by atoms with E-state index >= 15 is 0 Å². The van der Waals surface area contributed by atoms with Crippen LogP contribution >= 0.6 is 11.6 Å². The molecule has 6 heteroatoms. The van der Waals surface area contributed by atoms with Crippen LogP contribution in [0.5, 0.6) is 0 Å². The van der Waals surface area contributed by atoms with Gasteiger partial charge in [0.25, 0.3) is 5.91 Å². The second-order valence-corrected chi connectivity index (χ2v) is 7.25. The Kier molecular flexibility index (Phi) is 6.98. The SMILES string of the molecule is Cc1ccc(C=NNC(=O)CN2CCN(Cc3ccccc3Cl)CC2)cc1. The lowest BCUT2D eigenvalue weighted by Gasteiger charge is -2.34. The van der Waals surface area contributed by atoms with Gasteiger partial charge in [-0.25, -0.2) is 5.43 Å². The number of carbonyl (C=O) groups is 1. The zero-order valence-electron chi connectivity index (χ0n) is 15.6. The summed E-state index contributed by atoms with van der Waals surface area (Å²) < 4.78 is 0. The molecule has 0 bridgehead atoms. The molecule has 0 radical (unpaired) electrons. The first kappa shape index (κ1) is 19.5. The fourth-order valence-corrected chi connectivity index (χ4v) is 3.24. The fraction of sp³-hybridized carbons (Fsp3) is 0.333. The molecule has 1 fully saturated rings. The van der Waals surface area contributed by atoms with Crippen LogP contribution in [0.3, 0.4) is 0 Å². The number of hydrazone groups is 1. The van der Waals surface area contributed by atoms with Crippen molar-refractivity contribution in [1.29, 1.82) is 0 Å². The molecule has 142 valence electrons. The maximum Gasteiger partial charge on any atom is 0.254 e. The molecule has 1 aliphatic rings. The van der Waals surface area contributed by atoms with Gasteiger partial charge in [0.2, 0.25) is 0 Å². The predicted octanol–water partition coefficient (Wildman–Crippen LogP) is 2.92. The lowest BCUT2D eigenvalue weighted by Crippen LogP contribution is -2.48. The first-order valence-corrected chi connectivity index (χ1v) is 9.54. The third-order valence-electron chi connectivity index (χ3n) is 4.66. The molecule has 5 nitrogen and oxygen atoms in total. The zero-order chi connectivity index (χ0) is 19.1. The van der Waals surface area contributed by atoms with Gasteiger partial charge in [-0.3, -0.25) is 14.6 Å². The van der Waals surface area contributed by atoms with E-state index in [1.807, 2.05) is 49.4 Å². The number of rotatable bonds is 6. The van der Waals surface area contributed by atoms with Crippen LogP contribution in [-0.2, 0) is 11.3 Å². The van der Waals surface area contributed by atoms with E-state index in [1.165, 1.54) is 5.56 Å². The Hall–Kier alpha value is -2.21. The smallest absolute Gasteiger partial charge is 0.254 e. The van der Waals surface area contributed by atoms with Crippen molar-refractivity contribution in [2.45, 2.75) is 13.5 Å². The molecular formula is C21H25ClN4O. The van der Waals surface area contributed by atoms with Crippen LogP contribution in [0.15, 0.2) is 53.6 Å². The number of halogens is 1. The average molecular weight is 385 g/mol. The van der Waals surface area contributed by atoms with Gasteiger partial charge in [0, 0.05) is 37.7 Å². The molecule has 0 saturated carbocycles. The summed E-state index contributed by atoms with van der Waals surface area (Å²) in [5, 5.41) is 4.85. The Morgan fingerprint density at radius 1 is 1.07 bits per heavy atom. The summed E-state index contributed by atoms with van der Waals surface area (Å²) in [6.45, 7) is 6.82. The minimum absolute atomic E-state index is 0.0853. The van der Waals surface area contributed by atoms with Crippen molar-refractivity contribution in [2.75, 3.05) is 32.7 Å². The molecule has 0 atom stereocenters. The molecule has 1 saturated heterocycles. The number of piperazine rings is 1. The minimum Gasteiger partial charge on any atom is -0.296 e. The quantitative estimate of drug-likeness (QED) is 0.615. The van der Waals surface area contributed by atoms with Gasteiger partial charge in [0.1, 0.15) is 0 Å². The standard InChI is InChI=1S/C21H25ClN4O/c1-17-6-8-18(9-7-17)14-23-24-21(27)16-26-12-10-25(11-13-26)15-19-4-2-3-5-20(19)22/h2-9,14H,10-13,15-16H2,1H3,(H,24,27). The van der Waals surface area contributed by atoms with Crippen LogP contribution in [0.1, 0.15) is 16.7 Å². The number of carbonyl (C=O) groups excluding carboxylic acids is 1. The van der Waals surface area contributed by atoms with Crippen molar-refractivity contribution >= 4 is 23.7 Å². The molecule has 0 spiro atoms. The first-order valence-electron chi connectivity index (χ1n) is 9.17. The molecule has 2 aromatic carbocycles. The van der Waals surface area contributed by atoms with E-state index in [9.17, 15) is 4.79 Å². The topological polar surface area (TPSA) is 47.9 Å². The molecule has 1 amide bonds. The van der Waals surface area contributed by atoms with Crippen molar-refractivity contribution in [1.82, 2.24) is 15.2 Å². The normalized spacial score (nSPS) is 15.9. The average Bonchev–Trinajstić information content (AvgIpc) is 2.67. The van der Waals surface area contributed by atoms with Gasteiger partial charge >= 0.3 is 0 Å². The molecule has 1 N–H and O–H groups in total. The van der Waals surface area contributed by atoms with Gasteiger partial charge < -0.3 is 0 Å². The highest BCUT2D eigenvalue weighted by atomic mass is 35.5. The van der Waals surface area contributed by atoms with Crippen molar-refractivity contribution in [3.05, 3.63) is 70.2 Å². The number of benzene rings is 2. The van der Waals surface area contributed by atoms with Crippen molar-refractivity contribution in [2.24, 2.45) is 5.10 Å². The van der Waals surface area contributed by atoms with E-state index in [1.54, 1.807) is 6.21 Å². The zero-order valence-corrected chi connectivity index (χ0v) is 16.3. The van der Waals surface area contributed by atoms with E-state index in [0.717, 1.165) is 48.9 Å². The molecule has 3 rings (SSSR count). The maximum atomic E-state index is 12.1. The number of amides is 1. The van der Waals surface area contributed by atoms with Crippen molar-refractivity contribution in [3.8, 4) is 0 Å². The third-order valence-corrected chi connectivity index (χ3v) is 5.03. The van der Waals surface area contributed by atoms with Gasteiger partial charge in [-0.2, -0.15) is 5.10 Å². The Labute approximate surface area is 165 Å². The number of nitrogens with zero attached hydrogens (tertiary/aromatic N) is 3. The lowest BCUT2D eigenvalue weighted by molar-refractivity contribution is -0.122. The lowest BCUT2D eigenvalue weighted by atomic mass is 10.2. The molecule has 0 unspecified atom stereocenters. The summed E-state index contributed by atoms with van der Waals surface area (Å²) in [6.07, 6.45) is 1.67. The van der Waals surface area contributed by atoms with Crippen LogP contribution in [0.25, 0.3) is 0 Å². The monoisotopic (exact) mass is 384 g/mol. The second kappa shape index (κ2) is 9.65. The van der Waals surface area contributed by atoms with Crippen LogP contribution in [0.4, 0.5) is 0 Å². The van der Waals surface area contributed by atoms with E-state index < -0.39 is 0 Å². The van der Waals surface area contributed by atoms with E-state index in [2.05, 4.69) is 26.4 Å². The van der Waals surface area contributed by atoms with Gasteiger partial charge in [-0.15, -0.1) is 0 Å². The number of nitrogens with one attached hydrogen (secondary N) is 1. The summed E-state index contributed by atoms with van der Waals surface area (Å²) >= 11 is 6.24. The Morgan fingerprint density at radius 2 is 1.74 bits per heavy atom. The van der Waals surface area contributed by atoms with Crippen molar-refractivity contribution < 1.29 is 4.79 Å². The second-order valence-electron chi connectivity index (χ2n) is 6.85. The van der Waals surface area contributed by atoms with Crippen LogP contribution < -0.4 is 5.43 Å². The van der Waals surface area contributed by atoms with Crippen LogP contribution in [-0.4, -0.2) is 54.6 Å². The summed E-state index contributed by atoms with van der Waals surface area (Å²) in [4.78, 5) is 16.6. The Morgan fingerprint density at radius 3 is 2.44 bits per heavy atom. The van der Waals surface area contributed by atoms with Gasteiger partial charge in [0.05, 0.1) is 12.8 Å². The van der Waals surface area contributed by atoms with E-state index in [0.29, 0.717) is 6.54 Å². The third kappa shape index (κ3) is 6.17. The molecule has 1 aliphatic heterocycles. The summed E-state index contributed by atoms with van der Waals surface area (Å²) in [5.41, 5.74) is 5.92. The summed E-state index contributed by atoms with van der Waals surface area (Å²) in [7, 11) is 0.